The number of carbonyl (C=O) groups excluding carboxylic acids is 1. The second-order valence-electron chi connectivity index (χ2n) is 8.42. The van der Waals surface area contributed by atoms with Crippen LogP contribution in [-0.4, -0.2) is 22.0 Å². The number of ether oxygens (including phenoxy) is 1. The lowest BCUT2D eigenvalue weighted by molar-refractivity contribution is 0.0378. The van der Waals surface area contributed by atoms with E-state index in [9.17, 15) is 9.59 Å². The predicted octanol–water partition coefficient (Wildman–Crippen LogP) is 6.63. The number of carbonyl (C=O) groups is 1. The van der Waals surface area contributed by atoms with Gasteiger partial charge in [-0.1, -0.05) is 62.0 Å². The van der Waals surface area contributed by atoms with Crippen LogP contribution in [0.5, 0.6) is 0 Å². The Kier molecular flexibility index (Phi) is 7.00. The molecule has 0 saturated heterocycles. The number of nitrogens with one attached hydrogen (secondary N) is 1. The van der Waals surface area contributed by atoms with E-state index in [1.807, 2.05) is 31.4 Å². The highest BCUT2D eigenvalue weighted by molar-refractivity contribution is 7.98. The second-order valence-corrected chi connectivity index (χ2v) is 10.2. The fourth-order valence-corrected chi connectivity index (χ4v) is 5.25. The monoisotopic (exact) mass is 478 g/mol. The summed E-state index contributed by atoms with van der Waals surface area (Å²) in [5.41, 5.74) is 4.64. The van der Waals surface area contributed by atoms with Crippen molar-refractivity contribution in [3.05, 3.63) is 81.0 Å². The van der Waals surface area contributed by atoms with Crippen molar-refractivity contribution in [2.24, 2.45) is 0 Å². The van der Waals surface area contributed by atoms with Crippen LogP contribution in [0.4, 0.5) is 0 Å². The van der Waals surface area contributed by atoms with Gasteiger partial charge >= 0.3 is 5.97 Å². The van der Waals surface area contributed by atoms with Crippen molar-refractivity contribution in [1.29, 1.82) is 0 Å². The largest absolute Gasteiger partial charge is 0.459 e. The van der Waals surface area contributed by atoms with Crippen molar-refractivity contribution in [2.75, 3.05) is 0 Å². The van der Waals surface area contributed by atoms with Crippen LogP contribution >= 0.6 is 23.1 Å². The summed E-state index contributed by atoms with van der Waals surface area (Å²) in [5, 5.41) is 3.22. The summed E-state index contributed by atoms with van der Waals surface area (Å²) in [6, 6.07) is 15.7. The zero-order valence-electron chi connectivity index (χ0n) is 19.0. The number of aromatic nitrogens is 2. The van der Waals surface area contributed by atoms with Gasteiger partial charge in [0.05, 0.1) is 17.1 Å². The van der Waals surface area contributed by atoms with Crippen LogP contribution in [0.2, 0.25) is 0 Å². The van der Waals surface area contributed by atoms with E-state index in [0.717, 1.165) is 21.5 Å². The van der Waals surface area contributed by atoms with Crippen LogP contribution in [0.3, 0.4) is 0 Å². The van der Waals surface area contributed by atoms with Gasteiger partial charge in [0, 0.05) is 16.7 Å². The van der Waals surface area contributed by atoms with Gasteiger partial charge in [-0.25, -0.2) is 9.78 Å². The van der Waals surface area contributed by atoms with Crippen LogP contribution in [0.15, 0.2) is 63.9 Å². The molecule has 170 valence electrons. The molecule has 0 fully saturated rings. The Morgan fingerprint density at radius 2 is 1.76 bits per heavy atom. The van der Waals surface area contributed by atoms with E-state index in [2.05, 4.69) is 48.1 Å². The van der Waals surface area contributed by atoms with Crippen molar-refractivity contribution < 1.29 is 9.53 Å². The molecule has 33 heavy (non-hydrogen) atoms. The van der Waals surface area contributed by atoms with Crippen molar-refractivity contribution in [3.8, 4) is 11.1 Å². The maximum absolute atomic E-state index is 12.9. The second kappa shape index (κ2) is 9.93. The lowest BCUT2D eigenvalue weighted by Gasteiger charge is -2.08. The first kappa shape index (κ1) is 23.3. The average molecular weight is 479 g/mol. The normalized spacial score (nSPS) is 11.5. The van der Waals surface area contributed by atoms with Crippen molar-refractivity contribution in [2.45, 2.75) is 50.6 Å². The van der Waals surface area contributed by atoms with Crippen molar-refractivity contribution >= 4 is 39.3 Å². The van der Waals surface area contributed by atoms with Crippen molar-refractivity contribution in [3.63, 3.8) is 0 Å². The zero-order valence-corrected chi connectivity index (χ0v) is 20.7. The SMILES string of the molecule is CC(C)OC(=O)c1ccc(CSc2nc3scc(-c4ccc(C(C)C)cc4)c3c(=O)[nH]2)cc1. The lowest BCUT2D eigenvalue weighted by Crippen LogP contribution is -2.11. The molecule has 2 aromatic carbocycles. The van der Waals surface area contributed by atoms with Gasteiger partial charge in [-0.2, -0.15) is 0 Å². The molecule has 0 unspecified atom stereocenters. The summed E-state index contributed by atoms with van der Waals surface area (Å²) in [6.45, 7) is 7.98. The van der Waals surface area contributed by atoms with E-state index in [1.165, 1.54) is 28.7 Å². The maximum atomic E-state index is 12.9. The number of fused-ring (bicyclic) bond motifs is 1. The summed E-state index contributed by atoms with van der Waals surface area (Å²) in [5.74, 6) is 0.768. The van der Waals surface area contributed by atoms with Crippen LogP contribution in [-0.2, 0) is 10.5 Å². The Morgan fingerprint density at radius 1 is 1.06 bits per heavy atom. The average Bonchev–Trinajstić information content (AvgIpc) is 3.22. The highest BCUT2D eigenvalue weighted by Crippen LogP contribution is 2.32. The molecule has 0 saturated carbocycles. The number of aromatic amines is 1. The minimum atomic E-state index is -0.326. The Hall–Kier alpha value is -2.90. The molecule has 0 radical (unpaired) electrons. The molecule has 2 heterocycles. The molecule has 0 amide bonds. The predicted molar refractivity (Wildman–Crippen MR) is 136 cm³/mol. The van der Waals surface area contributed by atoms with Gasteiger partial charge in [0.25, 0.3) is 5.56 Å². The van der Waals surface area contributed by atoms with E-state index in [-0.39, 0.29) is 17.6 Å². The van der Waals surface area contributed by atoms with E-state index < -0.39 is 0 Å². The van der Waals surface area contributed by atoms with E-state index in [4.69, 9.17) is 4.74 Å². The fourth-order valence-electron chi connectivity index (χ4n) is 3.43. The number of benzene rings is 2. The molecule has 4 rings (SSSR count). The molecule has 7 heteroatoms. The summed E-state index contributed by atoms with van der Waals surface area (Å²) >= 11 is 2.94. The summed E-state index contributed by atoms with van der Waals surface area (Å²) < 4.78 is 5.22. The molecule has 1 N–H and O–H groups in total. The number of thiophene rings is 1. The molecule has 5 nitrogen and oxygen atoms in total. The number of thioether (sulfide) groups is 1. The molecule has 0 bridgehead atoms. The van der Waals surface area contributed by atoms with Gasteiger partial charge in [-0.05, 0) is 48.6 Å². The fraction of sp³-hybridized carbons (Fsp3) is 0.269. The minimum Gasteiger partial charge on any atom is -0.459 e. The highest BCUT2D eigenvalue weighted by atomic mass is 32.2. The van der Waals surface area contributed by atoms with E-state index in [0.29, 0.717) is 27.8 Å². The van der Waals surface area contributed by atoms with Crippen LogP contribution < -0.4 is 5.56 Å². The third-order valence-corrected chi connectivity index (χ3v) is 7.04. The number of H-pyrrole nitrogens is 1. The molecular weight excluding hydrogens is 452 g/mol. The number of esters is 1. The quantitative estimate of drug-likeness (QED) is 0.183. The Labute approximate surface area is 201 Å². The number of nitrogens with zero attached hydrogens (tertiary/aromatic N) is 1. The Balaban J connectivity index is 1.50. The molecule has 0 spiro atoms. The minimum absolute atomic E-state index is 0.126. The first-order chi connectivity index (χ1) is 15.8. The van der Waals surface area contributed by atoms with Crippen molar-refractivity contribution in [1.82, 2.24) is 9.97 Å². The molecule has 0 aliphatic rings. The zero-order chi connectivity index (χ0) is 23.5. The summed E-state index contributed by atoms with van der Waals surface area (Å²) in [7, 11) is 0. The third-order valence-electron chi connectivity index (χ3n) is 5.22. The van der Waals surface area contributed by atoms with E-state index in [1.54, 1.807) is 12.1 Å². The molecule has 0 atom stereocenters. The third kappa shape index (κ3) is 5.37. The molecule has 0 aliphatic heterocycles. The molecule has 2 aromatic heterocycles. The van der Waals surface area contributed by atoms with Gasteiger partial charge in [-0.15, -0.1) is 11.3 Å². The van der Waals surface area contributed by atoms with Crippen LogP contribution in [0.1, 0.15) is 55.1 Å². The molecule has 0 aliphatic carbocycles. The van der Waals surface area contributed by atoms with Crippen LogP contribution in [0.25, 0.3) is 21.3 Å². The lowest BCUT2D eigenvalue weighted by atomic mass is 9.99. The number of hydrogen-bond acceptors (Lipinski definition) is 6. The van der Waals surface area contributed by atoms with Gasteiger partial charge in [0.15, 0.2) is 5.16 Å². The van der Waals surface area contributed by atoms with Crippen LogP contribution in [0, 0.1) is 0 Å². The first-order valence-electron chi connectivity index (χ1n) is 10.9. The van der Waals surface area contributed by atoms with Gasteiger partial charge in [-0.3, -0.25) is 4.79 Å². The number of hydrogen-bond donors (Lipinski definition) is 1. The standard InChI is InChI=1S/C26H26N2O3S2/c1-15(2)18-9-11-19(12-10-18)21-14-32-24-22(21)23(29)27-26(28-24)33-13-17-5-7-20(8-6-17)25(30)31-16(3)4/h5-12,14-16H,13H2,1-4H3,(H,27,28,29). The maximum Gasteiger partial charge on any atom is 0.338 e. The van der Waals surface area contributed by atoms with E-state index >= 15 is 0 Å². The van der Waals surface area contributed by atoms with Gasteiger partial charge < -0.3 is 9.72 Å². The number of rotatable bonds is 7. The Bertz CT molecular complexity index is 1320. The first-order valence-corrected chi connectivity index (χ1v) is 12.7. The topological polar surface area (TPSA) is 72.0 Å². The van der Waals surface area contributed by atoms with Gasteiger partial charge in [0.1, 0.15) is 4.83 Å². The smallest absolute Gasteiger partial charge is 0.338 e. The molecular formula is C26H26N2O3S2. The molecule has 4 aromatic rings. The highest BCUT2D eigenvalue weighted by Gasteiger charge is 2.14. The summed E-state index contributed by atoms with van der Waals surface area (Å²) in [6.07, 6.45) is -0.150. The summed E-state index contributed by atoms with van der Waals surface area (Å²) in [4.78, 5) is 33.2. The Morgan fingerprint density at radius 3 is 2.39 bits per heavy atom. The van der Waals surface area contributed by atoms with Gasteiger partial charge in [0.2, 0.25) is 0 Å².